The van der Waals surface area contributed by atoms with E-state index in [1.165, 1.54) is 0 Å². The molecule has 0 aromatic heterocycles. The van der Waals surface area contributed by atoms with Gasteiger partial charge in [0.05, 0.1) is 26.7 Å². The fraction of sp³-hybridized carbons (Fsp3) is 0.611. The summed E-state index contributed by atoms with van der Waals surface area (Å²) in [5.74, 6) is -0.882. The van der Waals surface area contributed by atoms with Crippen LogP contribution in [0.25, 0.3) is 0 Å². The molecule has 1 atom stereocenters. The van der Waals surface area contributed by atoms with Gasteiger partial charge in [0, 0.05) is 0 Å². The molecule has 2 rings (SSSR count). The summed E-state index contributed by atoms with van der Waals surface area (Å²) >= 11 is 0. The van der Waals surface area contributed by atoms with Crippen molar-refractivity contribution in [2.45, 2.75) is 37.2 Å². The highest BCUT2D eigenvalue weighted by Crippen LogP contribution is 2.41. The smallest absolute Gasteiger partial charge is 0.316 e. The molecule has 1 saturated carbocycles. The van der Waals surface area contributed by atoms with Crippen molar-refractivity contribution in [2.75, 3.05) is 34.3 Å². The summed E-state index contributed by atoms with van der Waals surface area (Å²) in [4.78, 5) is 12.6. The second-order valence-electron chi connectivity index (χ2n) is 7.34. The van der Waals surface area contributed by atoms with E-state index >= 15 is 0 Å². The second kappa shape index (κ2) is 8.27. The van der Waals surface area contributed by atoms with E-state index in [1.807, 2.05) is 30.3 Å². The van der Waals surface area contributed by atoms with Crippen LogP contribution >= 0.6 is 0 Å². The van der Waals surface area contributed by atoms with Gasteiger partial charge in [-0.3, -0.25) is 4.79 Å². The Morgan fingerprint density at radius 1 is 1.22 bits per heavy atom. The van der Waals surface area contributed by atoms with Crippen molar-refractivity contribution in [3.05, 3.63) is 35.9 Å². The Labute approximate surface area is 149 Å². The number of nitrogens with zero attached hydrogens (tertiary/aromatic N) is 1. The molecule has 0 radical (unpaired) electrons. The van der Waals surface area contributed by atoms with E-state index in [9.17, 15) is 9.90 Å². The molecule has 1 aliphatic rings. The Bertz CT molecular complexity index is 493. The highest BCUT2D eigenvalue weighted by Gasteiger charge is 2.45. The molecular weight excluding hydrogens is 358 g/mol. The van der Waals surface area contributed by atoms with E-state index in [0.717, 1.165) is 29.4 Å². The quantitative estimate of drug-likeness (QED) is 0.521. The van der Waals surface area contributed by atoms with Gasteiger partial charge in [-0.2, -0.15) is 0 Å². The number of rotatable bonds is 6. The van der Waals surface area contributed by atoms with E-state index in [0.29, 0.717) is 19.4 Å². The summed E-state index contributed by atoms with van der Waals surface area (Å²) in [6, 6.07) is 9.53. The molecule has 1 aliphatic carbocycles. The normalized spacial score (nSPS) is 18.1. The Balaban J connectivity index is 0.00000264. The van der Waals surface area contributed by atoms with Crippen LogP contribution in [0.2, 0.25) is 0 Å². The first-order chi connectivity index (χ1) is 10.3. The molecule has 0 saturated heterocycles. The van der Waals surface area contributed by atoms with Gasteiger partial charge >= 0.3 is 5.97 Å². The maximum absolute atomic E-state index is 12.6. The van der Waals surface area contributed by atoms with Gasteiger partial charge in [-0.1, -0.05) is 43.2 Å². The molecule has 1 aromatic rings. The van der Waals surface area contributed by atoms with Gasteiger partial charge in [0.1, 0.15) is 19.1 Å². The van der Waals surface area contributed by atoms with Crippen LogP contribution in [0.1, 0.15) is 37.2 Å². The summed E-state index contributed by atoms with van der Waals surface area (Å²) in [6.45, 7) is 1.13. The van der Waals surface area contributed by atoms with Crippen LogP contribution in [-0.4, -0.2) is 55.5 Å². The molecule has 4 nitrogen and oxygen atoms in total. The molecular formula is C18H28BrNO3. The van der Waals surface area contributed by atoms with Gasteiger partial charge in [-0.15, -0.1) is 0 Å². The molecule has 5 heteroatoms. The van der Waals surface area contributed by atoms with Crippen molar-refractivity contribution in [1.29, 1.82) is 0 Å². The van der Waals surface area contributed by atoms with Crippen LogP contribution in [0.15, 0.2) is 30.3 Å². The second-order valence-corrected chi connectivity index (χ2v) is 7.34. The lowest BCUT2D eigenvalue weighted by atomic mass is 9.81. The molecule has 1 fully saturated rings. The van der Waals surface area contributed by atoms with E-state index < -0.39 is 11.5 Å². The number of ether oxygens (including phenoxy) is 1. The van der Waals surface area contributed by atoms with Crippen LogP contribution in [0.4, 0.5) is 0 Å². The first-order valence-corrected chi connectivity index (χ1v) is 8.06. The molecule has 0 aliphatic heterocycles. The average Bonchev–Trinajstić information content (AvgIpc) is 2.86. The first kappa shape index (κ1) is 20.1. The minimum Gasteiger partial charge on any atom is -1.00 e. The number of hydrogen-bond donors (Lipinski definition) is 1. The largest absolute Gasteiger partial charge is 1.00 e. The minimum absolute atomic E-state index is 0. The fourth-order valence-electron chi connectivity index (χ4n) is 3.09. The lowest BCUT2D eigenvalue weighted by Crippen LogP contribution is -3.00. The molecule has 0 bridgehead atoms. The van der Waals surface area contributed by atoms with Crippen molar-refractivity contribution in [1.82, 2.24) is 0 Å². The monoisotopic (exact) mass is 385 g/mol. The predicted octanol–water partition coefficient (Wildman–Crippen LogP) is -0.671. The number of benzene rings is 1. The van der Waals surface area contributed by atoms with E-state index in [2.05, 4.69) is 21.1 Å². The van der Waals surface area contributed by atoms with Gasteiger partial charge in [-0.05, 0) is 18.4 Å². The van der Waals surface area contributed by atoms with E-state index in [1.54, 1.807) is 0 Å². The average molecular weight is 386 g/mol. The number of carbonyl (C=O) groups is 1. The summed E-state index contributed by atoms with van der Waals surface area (Å²) in [5.41, 5.74) is -0.114. The zero-order valence-electron chi connectivity index (χ0n) is 14.3. The van der Waals surface area contributed by atoms with Crippen LogP contribution in [0.3, 0.4) is 0 Å². The molecule has 0 spiro atoms. The summed E-state index contributed by atoms with van der Waals surface area (Å²) < 4.78 is 6.24. The Kier molecular flexibility index (Phi) is 7.24. The van der Waals surface area contributed by atoms with Gasteiger partial charge in [0.25, 0.3) is 0 Å². The summed E-state index contributed by atoms with van der Waals surface area (Å²) in [7, 11) is 6.19. The predicted molar refractivity (Wildman–Crippen MR) is 86.5 cm³/mol. The Morgan fingerprint density at radius 2 is 1.78 bits per heavy atom. The lowest BCUT2D eigenvalue weighted by Gasteiger charge is -2.31. The SMILES string of the molecule is C[N+](C)(C)CCOC(=O)C(c1ccccc1)C1(O)CCCC1.[Br-]. The van der Waals surface area contributed by atoms with Gasteiger partial charge < -0.3 is 31.3 Å². The van der Waals surface area contributed by atoms with Gasteiger partial charge in [0.15, 0.2) is 0 Å². The third-order valence-corrected chi connectivity index (χ3v) is 4.38. The first-order valence-electron chi connectivity index (χ1n) is 8.06. The molecule has 1 N–H and O–H groups in total. The zero-order chi connectivity index (χ0) is 16.2. The molecule has 0 heterocycles. The van der Waals surface area contributed by atoms with Gasteiger partial charge in [-0.25, -0.2) is 0 Å². The molecule has 23 heavy (non-hydrogen) atoms. The van der Waals surface area contributed by atoms with Crippen LogP contribution in [0, 0.1) is 0 Å². The third kappa shape index (κ3) is 5.59. The molecule has 1 unspecified atom stereocenters. The van der Waals surface area contributed by atoms with Crippen molar-refractivity contribution < 1.29 is 36.1 Å². The van der Waals surface area contributed by atoms with Crippen molar-refractivity contribution >= 4 is 5.97 Å². The number of quaternary nitrogens is 1. The number of esters is 1. The number of halogens is 1. The standard InChI is InChI=1S/C18H28NO3.BrH/c1-19(2,3)13-14-22-17(20)16(15-9-5-4-6-10-15)18(21)11-7-8-12-18;/h4-6,9-10,16,21H,7-8,11-14H2,1-3H3;1H/q+1;/p-1. The summed E-state index contributed by atoms with van der Waals surface area (Å²) in [5, 5.41) is 10.9. The van der Waals surface area contributed by atoms with Crippen LogP contribution in [0.5, 0.6) is 0 Å². The fourth-order valence-corrected chi connectivity index (χ4v) is 3.09. The number of aliphatic hydroxyl groups is 1. The minimum atomic E-state index is -0.963. The maximum Gasteiger partial charge on any atom is 0.316 e. The van der Waals surface area contributed by atoms with Crippen molar-refractivity contribution in [3.63, 3.8) is 0 Å². The third-order valence-electron chi connectivity index (χ3n) is 4.38. The maximum atomic E-state index is 12.6. The van der Waals surface area contributed by atoms with Crippen LogP contribution < -0.4 is 17.0 Å². The van der Waals surface area contributed by atoms with Crippen molar-refractivity contribution in [3.8, 4) is 0 Å². The molecule has 1 aromatic carbocycles. The lowest BCUT2D eigenvalue weighted by molar-refractivity contribution is -0.870. The van der Waals surface area contributed by atoms with Crippen LogP contribution in [-0.2, 0) is 9.53 Å². The Morgan fingerprint density at radius 3 is 2.30 bits per heavy atom. The molecule has 130 valence electrons. The number of hydrogen-bond acceptors (Lipinski definition) is 3. The number of likely N-dealkylation sites (N-methyl/N-ethyl adjacent to an activating group) is 1. The topological polar surface area (TPSA) is 46.5 Å². The molecule has 0 amide bonds. The Hall–Kier alpha value is -0.910. The summed E-state index contributed by atoms with van der Waals surface area (Å²) in [6.07, 6.45) is 3.26. The van der Waals surface area contributed by atoms with E-state index in [4.69, 9.17) is 4.74 Å². The van der Waals surface area contributed by atoms with Crippen molar-refractivity contribution in [2.24, 2.45) is 0 Å². The van der Waals surface area contributed by atoms with Gasteiger partial charge in [0.2, 0.25) is 0 Å². The zero-order valence-corrected chi connectivity index (χ0v) is 15.9. The van der Waals surface area contributed by atoms with E-state index in [-0.39, 0.29) is 23.0 Å². The highest BCUT2D eigenvalue weighted by atomic mass is 79.9. The highest BCUT2D eigenvalue weighted by molar-refractivity contribution is 5.80. The number of carbonyl (C=O) groups excluding carboxylic acids is 1.